The number of fused-ring (bicyclic) bond motifs is 4. The quantitative estimate of drug-likeness (QED) is 0.0691. The summed E-state index contributed by atoms with van der Waals surface area (Å²) in [6.45, 7) is 0.258. The Hall–Kier alpha value is -1.86. The predicted octanol–water partition coefficient (Wildman–Crippen LogP) is -5.02. The van der Waals surface area contributed by atoms with E-state index in [0.29, 0.717) is 34.6 Å². The number of benzene rings is 1. The number of aromatic nitrogens is 8. The Labute approximate surface area is 354 Å². The number of imidazole rings is 2. The summed E-state index contributed by atoms with van der Waals surface area (Å²) in [4.78, 5) is 63.6. The number of methoxy groups -OCH3 is 1. The fourth-order valence-electron chi connectivity index (χ4n) is 6.34. The van der Waals surface area contributed by atoms with E-state index in [1.54, 1.807) is 15.5 Å². The molecule has 4 aliphatic heterocycles. The van der Waals surface area contributed by atoms with Crippen LogP contribution in [-0.4, -0.2) is 109 Å². The van der Waals surface area contributed by atoms with Crippen LogP contribution in [0.2, 0.25) is 0 Å². The van der Waals surface area contributed by atoms with Crippen molar-refractivity contribution in [2.24, 2.45) is 0 Å². The maximum Gasteiger partial charge on any atom is 1.00 e. The SMILES string of the molecule is COC1[C@H](n2c(OCc3ccccc3)nc3c(N)ncnc32)O[C@@H]2CO[P+](O)(O)O[C@@H]12.Nc1ncnc2c1ncn2C1C[C@@H]2O[P+](O)(O)OC[C@H]2O1.[H-].[H-].[Na+].[Na+]. The molecule has 4 aromatic heterocycles. The molecular weight excluding hydrogens is 776 g/mol. The van der Waals surface area contributed by atoms with Crippen LogP contribution in [0.5, 0.6) is 6.01 Å². The summed E-state index contributed by atoms with van der Waals surface area (Å²) in [6.07, 6.45) is 0.598. The molecule has 0 saturated carbocycles. The molecule has 4 aliphatic rings. The summed E-state index contributed by atoms with van der Waals surface area (Å²) in [5.41, 5.74) is 14.5. The van der Waals surface area contributed by atoms with Gasteiger partial charge in [0.05, 0.1) is 6.33 Å². The van der Waals surface area contributed by atoms with E-state index in [4.69, 9.17) is 48.5 Å². The second kappa shape index (κ2) is 16.9. The van der Waals surface area contributed by atoms with Crippen molar-refractivity contribution in [3.63, 3.8) is 0 Å². The molecule has 7 atom stereocenters. The smallest absolute Gasteiger partial charge is 1.00 e. The van der Waals surface area contributed by atoms with Crippen LogP contribution in [0.1, 0.15) is 27.3 Å². The Balaban J connectivity index is 0.000000246. The minimum atomic E-state index is -3.94. The summed E-state index contributed by atoms with van der Waals surface area (Å²) in [6, 6.07) is 9.79. The number of nitrogens with zero attached hydrogens (tertiary/aromatic N) is 8. The van der Waals surface area contributed by atoms with Crippen LogP contribution in [0.3, 0.4) is 0 Å². The van der Waals surface area contributed by atoms with Gasteiger partial charge in [-0.15, -0.1) is 9.05 Å². The van der Waals surface area contributed by atoms with Crippen LogP contribution in [0.15, 0.2) is 49.3 Å². The summed E-state index contributed by atoms with van der Waals surface area (Å²) in [5.74, 6) is 0.484. The van der Waals surface area contributed by atoms with Crippen LogP contribution in [0, 0.1) is 0 Å². The topological polar surface area (TPSA) is 294 Å². The molecule has 8 heterocycles. The molecule has 0 amide bonds. The van der Waals surface area contributed by atoms with Gasteiger partial charge in [-0.05, 0) is 5.56 Å². The summed E-state index contributed by atoms with van der Waals surface area (Å²) >= 11 is 0. The Morgan fingerprint density at radius 3 is 2.22 bits per heavy atom. The second-order valence-corrected chi connectivity index (χ2v) is 14.9. The van der Waals surface area contributed by atoms with Gasteiger partial charge in [-0.25, -0.2) is 29.5 Å². The van der Waals surface area contributed by atoms with E-state index >= 15 is 0 Å². The number of nitrogens with two attached hydrogens (primary N) is 2. The number of hydrogen-bond acceptors (Lipinski definition) is 20. The first-order valence-corrected chi connectivity index (χ1v) is 18.8. The van der Waals surface area contributed by atoms with Crippen LogP contribution >= 0.6 is 16.3 Å². The zero-order valence-electron chi connectivity index (χ0n) is 31.2. The first kappa shape index (κ1) is 41.8. The fraction of sp³-hybridized carbons (Fsp3) is 0.429. The van der Waals surface area contributed by atoms with E-state index < -0.39 is 47.0 Å². The average Bonchev–Trinajstić information content (AvgIpc) is 3.90. The minimum Gasteiger partial charge on any atom is -1.00 e. The molecule has 54 heavy (non-hydrogen) atoms. The van der Waals surface area contributed by atoms with E-state index in [-0.39, 0.29) is 106 Å². The molecule has 4 saturated heterocycles. The van der Waals surface area contributed by atoms with Crippen molar-refractivity contribution < 1.29 is 119 Å². The molecule has 26 heteroatoms. The Kier molecular flexibility index (Phi) is 13.1. The normalized spacial score (nSPS) is 27.9. The zero-order valence-corrected chi connectivity index (χ0v) is 35.0. The molecule has 0 spiro atoms. The number of rotatable bonds is 6. The van der Waals surface area contributed by atoms with Crippen molar-refractivity contribution in [2.45, 2.75) is 56.0 Å². The van der Waals surface area contributed by atoms with Gasteiger partial charge in [0.15, 0.2) is 40.8 Å². The maximum atomic E-state index is 9.85. The minimum absolute atomic E-state index is 0. The van der Waals surface area contributed by atoms with Gasteiger partial charge in [-0.3, -0.25) is 4.57 Å². The maximum absolute atomic E-state index is 9.85. The Morgan fingerprint density at radius 2 is 1.50 bits per heavy atom. The number of nitrogen functional groups attached to an aromatic ring is 2. The average molecular weight is 813 g/mol. The Morgan fingerprint density at radius 1 is 0.833 bits per heavy atom. The molecule has 22 nitrogen and oxygen atoms in total. The predicted molar refractivity (Wildman–Crippen MR) is 180 cm³/mol. The summed E-state index contributed by atoms with van der Waals surface area (Å²) in [5, 5.41) is 0. The zero-order chi connectivity index (χ0) is 36.2. The largest absolute Gasteiger partial charge is 1.00 e. The third kappa shape index (κ3) is 8.39. The summed E-state index contributed by atoms with van der Waals surface area (Å²) in [7, 11) is -6.18. The molecule has 5 aromatic rings. The van der Waals surface area contributed by atoms with Gasteiger partial charge in [0.1, 0.15) is 68.6 Å². The fourth-order valence-corrected chi connectivity index (χ4v) is 8.29. The molecule has 1 aromatic carbocycles. The first-order valence-electron chi connectivity index (χ1n) is 15.8. The Bertz CT molecular complexity index is 2080. The van der Waals surface area contributed by atoms with Gasteiger partial charge < -0.3 is 33.3 Å². The number of ether oxygens (including phenoxy) is 4. The second-order valence-electron chi connectivity index (χ2n) is 12.0. The standard InChI is InChI=1S/C18H21N5O7P.C10H13N5O5P.2Na.2H/c1-26-14-13-11(8-28-31(24,25)30-13)29-17(14)23-16-12(15(19)20-9-21-16)22-18(23)27-7-10-5-3-2-4-6-10;11-9-8-10(13-3-12-9)15(4-14-8)7-1-5-6(19-7)2-18-21(16,17)20-5;;;;/h2-6,9,11,13-14,17,24-25H,7-8H2,1H3,(H2,19,20,21);3-7,16-17H,1-2H2,(H2,11,12,13);;;;/q4*+1;2*-1/t11-,13-,14?,17-;5-,6+,7?;;;;/m10..../s1. The van der Waals surface area contributed by atoms with Gasteiger partial charge >= 0.3 is 81.5 Å². The van der Waals surface area contributed by atoms with Crippen LogP contribution in [-0.2, 0) is 38.9 Å². The van der Waals surface area contributed by atoms with E-state index in [1.807, 2.05) is 30.3 Å². The number of anilines is 2. The van der Waals surface area contributed by atoms with Gasteiger partial charge in [-0.1, -0.05) is 30.3 Å². The van der Waals surface area contributed by atoms with Crippen molar-refractivity contribution in [2.75, 3.05) is 31.8 Å². The van der Waals surface area contributed by atoms with E-state index in [2.05, 4.69) is 29.9 Å². The first-order chi connectivity index (χ1) is 25.0. The third-order valence-corrected chi connectivity index (χ3v) is 10.8. The monoisotopic (exact) mass is 812 g/mol. The van der Waals surface area contributed by atoms with Crippen molar-refractivity contribution in [1.82, 2.24) is 39.0 Å². The molecule has 0 bridgehead atoms. The third-order valence-electron chi connectivity index (χ3n) is 8.72. The van der Waals surface area contributed by atoms with E-state index in [0.717, 1.165) is 5.56 Å². The van der Waals surface area contributed by atoms with Crippen molar-refractivity contribution >= 4 is 50.3 Å². The van der Waals surface area contributed by atoms with E-state index in [9.17, 15) is 19.6 Å². The molecule has 280 valence electrons. The molecule has 0 radical (unpaired) electrons. The molecule has 9 rings (SSSR count). The van der Waals surface area contributed by atoms with Crippen molar-refractivity contribution in [3.05, 3.63) is 54.9 Å². The summed E-state index contributed by atoms with van der Waals surface area (Å²) < 4.78 is 47.2. The van der Waals surface area contributed by atoms with Crippen molar-refractivity contribution in [1.29, 1.82) is 0 Å². The van der Waals surface area contributed by atoms with Gasteiger partial charge in [0.25, 0.3) is 0 Å². The van der Waals surface area contributed by atoms with E-state index in [1.165, 1.54) is 19.8 Å². The molecule has 8 N–H and O–H groups in total. The number of hydrogen-bond donors (Lipinski definition) is 6. The molecule has 0 aliphatic carbocycles. The molecule has 4 fully saturated rings. The molecule has 2 unspecified atom stereocenters. The van der Waals surface area contributed by atoms with Crippen LogP contribution < -0.4 is 75.3 Å². The van der Waals surface area contributed by atoms with Gasteiger partial charge in [0, 0.05) is 13.5 Å². The van der Waals surface area contributed by atoms with Crippen LogP contribution in [0.4, 0.5) is 11.6 Å². The van der Waals surface area contributed by atoms with Crippen molar-refractivity contribution in [3.8, 4) is 6.01 Å². The van der Waals surface area contributed by atoms with Gasteiger partial charge in [-0.2, -0.15) is 33.6 Å². The van der Waals surface area contributed by atoms with Crippen LogP contribution in [0.25, 0.3) is 22.3 Å². The van der Waals surface area contributed by atoms with Gasteiger partial charge in [0.2, 0.25) is 0 Å². The molecular formula is C28H36N10Na2O12P2+2.